The fraction of sp³-hybridized carbons (Fsp3) is 0.673. The van der Waals surface area contributed by atoms with Gasteiger partial charge >= 0.3 is 17.9 Å². The maximum Gasteiger partial charge on any atom is 0.306 e. The Hall–Kier alpha value is -3.41. The molecule has 0 aliphatic heterocycles. The zero-order valence-electron chi connectivity index (χ0n) is 37.5. The predicted molar refractivity (Wildman–Crippen MR) is 247 cm³/mol. The highest BCUT2D eigenvalue weighted by atomic mass is 16.6. The van der Waals surface area contributed by atoms with Gasteiger partial charge in [-0.1, -0.05) is 196 Å². The van der Waals surface area contributed by atoms with Gasteiger partial charge in [-0.3, -0.25) is 14.4 Å². The fourth-order valence-corrected chi connectivity index (χ4v) is 6.20. The van der Waals surface area contributed by atoms with Gasteiger partial charge in [0.15, 0.2) is 6.10 Å². The summed E-state index contributed by atoms with van der Waals surface area (Å²) in [5, 5.41) is 0. The average molecular weight is 807 g/mol. The van der Waals surface area contributed by atoms with Crippen LogP contribution in [-0.4, -0.2) is 37.2 Å². The van der Waals surface area contributed by atoms with E-state index in [0.29, 0.717) is 19.3 Å². The van der Waals surface area contributed by atoms with Gasteiger partial charge in [-0.05, 0) is 77.0 Å². The SMILES string of the molecule is CC\C=C/C=C\C=C/CCCCCCCC(=O)OC(COC(=O)CCCCC/C=C\C/C=C\C/C=C\C/C=C\CC)COC(=O)CCCCCCCCCCCCC. The number of unbranched alkanes of at least 4 members (excludes halogenated alkanes) is 18. The minimum Gasteiger partial charge on any atom is -0.462 e. The van der Waals surface area contributed by atoms with Crippen LogP contribution < -0.4 is 0 Å². The molecule has 0 saturated carbocycles. The lowest BCUT2D eigenvalue weighted by Gasteiger charge is -2.18. The summed E-state index contributed by atoms with van der Waals surface area (Å²) in [5.74, 6) is -0.954. The Balaban J connectivity index is 4.47. The molecule has 0 aromatic carbocycles. The molecule has 0 radical (unpaired) electrons. The molecule has 58 heavy (non-hydrogen) atoms. The summed E-state index contributed by atoms with van der Waals surface area (Å²) in [6, 6.07) is 0. The molecule has 0 fully saturated rings. The molecule has 0 aromatic rings. The Morgan fingerprint density at radius 1 is 0.379 bits per heavy atom. The number of hydrogen-bond acceptors (Lipinski definition) is 6. The van der Waals surface area contributed by atoms with Crippen molar-refractivity contribution in [3.8, 4) is 0 Å². The molecule has 0 rings (SSSR count). The van der Waals surface area contributed by atoms with Crippen molar-refractivity contribution in [2.45, 2.75) is 213 Å². The van der Waals surface area contributed by atoms with Crippen molar-refractivity contribution in [1.29, 1.82) is 0 Å². The minimum atomic E-state index is -0.797. The monoisotopic (exact) mass is 807 g/mol. The highest BCUT2D eigenvalue weighted by Crippen LogP contribution is 2.14. The predicted octanol–water partition coefficient (Wildman–Crippen LogP) is 15.3. The Bertz CT molecular complexity index is 1160. The molecule has 0 saturated heterocycles. The smallest absolute Gasteiger partial charge is 0.306 e. The molecule has 0 N–H and O–H groups in total. The largest absolute Gasteiger partial charge is 0.462 e. The number of carbonyl (C=O) groups is 3. The van der Waals surface area contributed by atoms with Crippen LogP contribution in [0.25, 0.3) is 0 Å². The molecule has 0 bridgehead atoms. The van der Waals surface area contributed by atoms with Crippen LogP contribution >= 0.6 is 0 Å². The summed E-state index contributed by atoms with van der Waals surface area (Å²) in [6.07, 6.45) is 58.5. The van der Waals surface area contributed by atoms with E-state index in [4.69, 9.17) is 14.2 Å². The molecule has 0 amide bonds. The Morgan fingerprint density at radius 3 is 1.26 bits per heavy atom. The number of ether oxygens (including phenoxy) is 3. The third-order valence-corrected chi connectivity index (χ3v) is 9.71. The van der Waals surface area contributed by atoms with Crippen molar-refractivity contribution >= 4 is 17.9 Å². The van der Waals surface area contributed by atoms with Gasteiger partial charge in [-0.2, -0.15) is 0 Å². The maximum absolute atomic E-state index is 12.7. The van der Waals surface area contributed by atoms with E-state index >= 15 is 0 Å². The van der Waals surface area contributed by atoms with Gasteiger partial charge in [0, 0.05) is 19.3 Å². The summed E-state index contributed by atoms with van der Waals surface area (Å²) in [6.45, 7) is 6.32. The first-order chi connectivity index (χ1) is 28.5. The first-order valence-electron chi connectivity index (χ1n) is 23.6. The molecule has 0 aliphatic carbocycles. The van der Waals surface area contributed by atoms with Gasteiger partial charge in [-0.15, -0.1) is 0 Å². The summed E-state index contributed by atoms with van der Waals surface area (Å²) < 4.78 is 16.7. The third-order valence-electron chi connectivity index (χ3n) is 9.71. The lowest BCUT2D eigenvalue weighted by Crippen LogP contribution is -2.30. The molecule has 6 nitrogen and oxygen atoms in total. The van der Waals surface area contributed by atoms with Gasteiger partial charge in [0.2, 0.25) is 0 Å². The van der Waals surface area contributed by atoms with Crippen molar-refractivity contribution in [1.82, 2.24) is 0 Å². The standard InChI is InChI=1S/C52H86O6/c1-4-7-10-13-16-19-22-24-25-26-28-30-33-36-39-42-45-51(54)57-48-49(47-56-50(53)44-41-38-35-32-29-21-18-15-12-9-6-3)58-52(55)46-43-40-37-34-31-27-23-20-17-14-11-8-5-2/h7-8,10-11,14,16-17,19-20,23-25,28,30,49H,4-6,9,12-13,15,18,21-22,26-27,29,31-48H2,1-3H3/b10-7-,11-8-,17-14-,19-16-,23-20-,25-24-,30-28-. The molecule has 0 aliphatic rings. The van der Waals surface area contributed by atoms with E-state index in [2.05, 4.69) is 106 Å². The topological polar surface area (TPSA) is 78.9 Å². The van der Waals surface area contributed by atoms with Crippen molar-refractivity contribution < 1.29 is 28.6 Å². The highest BCUT2D eigenvalue weighted by molar-refractivity contribution is 5.71. The van der Waals surface area contributed by atoms with Gasteiger partial charge in [0.05, 0.1) is 0 Å². The fourth-order valence-electron chi connectivity index (χ4n) is 6.20. The summed E-state index contributed by atoms with van der Waals surface area (Å²) in [5.41, 5.74) is 0. The second-order valence-corrected chi connectivity index (χ2v) is 15.3. The van der Waals surface area contributed by atoms with Crippen LogP contribution in [0, 0.1) is 0 Å². The molecule has 6 heteroatoms. The molecular formula is C52H86O6. The zero-order valence-corrected chi connectivity index (χ0v) is 37.5. The number of esters is 3. The molecule has 0 spiro atoms. The van der Waals surface area contributed by atoms with E-state index in [1.54, 1.807) is 0 Å². The first kappa shape index (κ1) is 54.6. The quantitative estimate of drug-likeness (QED) is 0.0201. The van der Waals surface area contributed by atoms with Crippen LogP contribution in [0.4, 0.5) is 0 Å². The lowest BCUT2D eigenvalue weighted by atomic mass is 10.1. The summed E-state index contributed by atoms with van der Waals surface area (Å²) in [7, 11) is 0. The Morgan fingerprint density at radius 2 is 0.759 bits per heavy atom. The highest BCUT2D eigenvalue weighted by Gasteiger charge is 2.19. The van der Waals surface area contributed by atoms with Gasteiger partial charge in [0.25, 0.3) is 0 Å². The van der Waals surface area contributed by atoms with Gasteiger partial charge < -0.3 is 14.2 Å². The van der Waals surface area contributed by atoms with Crippen LogP contribution in [0.3, 0.4) is 0 Å². The minimum absolute atomic E-state index is 0.0949. The number of allylic oxidation sites excluding steroid dienone is 14. The Labute approximate surface area is 356 Å². The van der Waals surface area contributed by atoms with E-state index in [1.807, 2.05) is 0 Å². The zero-order chi connectivity index (χ0) is 42.3. The van der Waals surface area contributed by atoms with E-state index in [9.17, 15) is 14.4 Å². The van der Waals surface area contributed by atoms with Crippen LogP contribution in [0.15, 0.2) is 85.1 Å². The van der Waals surface area contributed by atoms with Crippen LogP contribution in [0.5, 0.6) is 0 Å². The summed E-state index contributed by atoms with van der Waals surface area (Å²) in [4.78, 5) is 37.8. The molecule has 1 atom stereocenters. The second kappa shape index (κ2) is 46.3. The van der Waals surface area contributed by atoms with E-state index in [1.165, 1.54) is 51.4 Å². The van der Waals surface area contributed by atoms with Crippen molar-refractivity contribution in [2.24, 2.45) is 0 Å². The summed E-state index contributed by atoms with van der Waals surface area (Å²) >= 11 is 0. The van der Waals surface area contributed by atoms with Crippen LogP contribution in [-0.2, 0) is 28.6 Å². The van der Waals surface area contributed by atoms with E-state index < -0.39 is 6.10 Å². The third kappa shape index (κ3) is 43.7. The van der Waals surface area contributed by atoms with E-state index in [-0.39, 0.29) is 31.1 Å². The molecule has 1 unspecified atom stereocenters. The van der Waals surface area contributed by atoms with Crippen molar-refractivity contribution in [3.05, 3.63) is 85.1 Å². The van der Waals surface area contributed by atoms with Gasteiger partial charge in [-0.25, -0.2) is 0 Å². The average Bonchev–Trinajstić information content (AvgIpc) is 3.22. The van der Waals surface area contributed by atoms with Crippen molar-refractivity contribution in [2.75, 3.05) is 13.2 Å². The molecular weight excluding hydrogens is 721 g/mol. The molecule has 0 aromatic heterocycles. The Kier molecular flexibility index (Phi) is 43.6. The first-order valence-corrected chi connectivity index (χ1v) is 23.6. The molecule has 0 heterocycles. The van der Waals surface area contributed by atoms with Crippen LogP contribution in [0.2, 0.25) is 0 Å². The van der Waals surface area contributed by atoms with Crippen molar-refractivity contribution in [3.63, 3.8) is 0 Å². The number of hydrogen-bond donors (Lipinski definition) is 0. The second-order valence-electron chi connectivity index (χ2n) is 15.3. The van der Waals surface area contributed by atoms with Gasteiger partial charge in [0.1, 0.15) is 13.2 Å². The number of carbonyl (C=O) groups excluding carboxylic acids is 3. The van der Waals surface area contributed by atoms with E-state index in [0.717, 1.165) is 116 Å². The normalized spacial score (nSPS) is 12.8. The van der Waals surface area contributed by atoms with Crippen LogP contribution in [0.1, 0.15) is 207 Å². The lowest BCUT2D eigenvalue weighted by molar-refractivity contribution is -0.167. The number of rotatable bonds is 41. The molecule has 330 valence electrons. The maximum atomic E-state index is 12.7.